The van der Waals surface area contributed by atoms with Crippen molar-refractivity contribution >= 4 is 0 Å². The van der Waals surface area contributed by atoms with Crippen LogP contribution < -0.4 is 5.73 Å². The first-order chi connectivity index (χ1) is 6.56. The van der Waals surface area contributed by atoms with Crippen molar-refractivity contribution in [1.29, 1.82) is 0 Å². The minimum absolute atomic E-state index is 0.300. The number of nitrogens with zero attached hydrogens (tertiary/aromatic N) is 3. The molecule has 0 radical (unpaired) electrons. The van der Waals surface area contributed by atoms with Gasteiger partial charge in [0, 0.05) is 17.0 Å². The van der Waals surface area contributed by atoms with Crippen molar-refractivity contribution in [2.75, 3.05) is 33.0 Å². The SMILES string of the molecule is CC(C)(N)COCCOCCN=[N+]=[N-]. The number of azide groups is 1. The van der Waals surface area contributed by atoms with Gasteiger partial charge in [0.1, 0.15) is 0 Å². The predicted octanol–water partition coefficient (Wildman–Crippen LogP) is 1.07. The second kappa shape index (κ2) is 7.58. The molecule has 0 aromatic heterocycles. The Morgan fingerprint density at radius 2 is 1.93 bits per heavy atom. The van der Waals surface area contributed by atoms with E-state index in [2.05, 4.69) is 10.0 Å². The van der Waals surface area contributed by atoms with Crippen molar-refractivity contribution in [2.24, 2.45) is 10.8 Å². The van der Waals surface area contributed by atoms with Gasteiger partial charge in [0.2, 0.25) is 0 Å². The molecule has 0 heterocycles. The smallest absolute Gasteiger partial charge is 0.0701 e. The fourth-order valence-electron chi connectivity index (χ4n) is 0.705. The third-order valence-corrected chi connectivity index (χ3v) is 1.24. The standard InChI is InChI=1S/C8H18N4O2/c1-8(2,9)7-14-6-5-13-4-3-11-12-10/h3-7,9H2,1-2H3. The van der Waals surface area contributed by atoms with Crippen molar-refractivity contribution in [2.45, 2.75) is 19.4 Å². The number of ether oxygens (including phenoxy) is 2. The molecule has 0 saturated heterocycles. The summed E-state index contributed by atoms with van der Waals surface area (Å²) in [6.07, 6.45) is 0. The Morgan fingerprint density at radius 1 is 1.29 bits per heavy atom. The monoisotopic (exact) mass is 202 g/mol. The largest absolute Gasteiger partial charge is 0.379 e. The summed E-state index contributed by atoms with van der Waals surface area (Å²) in [7, 11) is 0. The van der Waals surface area contributed by atoms with Crippen molar-refractivity contribution in [3.63, 3.8) is 0 Å². The van der Waals surface area contributed by atoms with Crippen LogP contribution in [0.15, 0.2) is 5.11 Å². The van der Waals surface area contributed by atoms with E-state index in [-0.39, 0.29) is 5.54 Å². The van der Waals surface area contributed by atoms with Crippen LogP contribution in [-0.2, 0) is 9.47 Å². The summed E-state index contributed by atoms with van der Waals surface area (Å²) >= 11 is 0. The molecule has 0 saturated carbocycles. The van der Waals surface area contributed by atoms with E-state index in [4.69, 9.17) is 20.7 Å². The third kappa shape index (κ3) is 11.2. The molecule has 82 valence electrons. The topological polar surface area (TPSA) is 93.2 Å². The zero-order valence-electron chi connectivity index (χ0n) is 8.77. The highest BCUT2D eigenvalue weighted by atomic mass is 16.5. The highest BCUT2D eigenvalue weighted by molar-refractivity contribution is 4.69. The summed E-state index contributed by atoms with van der Waals surface area (Å²) in [5.74, 6) is 0. The van der Waals surface area contributed by atoms with Crippen molar-refractivity contribution < 1.29 is 9.47 Å². The average molecular weight is 202 g/mol. The third-order valence-electron chi connectivity index (χ3n) is 1.24. The lowest BCUT2D eigenvalue weighted by atomic mass is 10.1. The van der Waals surface area contributed by atoms with E-state index >= 15 is 0 Å². The molecule has 0 amide bonds. The highest BCUT2D eigenvalue weighted by Crippen LogP contribution is 1.96. The van der Waals surface area contributed by atoms with E-state index in [1.165, 1.54) is 0 Å². The van der Waals surface area contributed by atoms with Gasteiger partial charge in [-0.25, -0.2) is 0 Å². The molecule has 0 aliphatic carbocycles. The highest BCUT2D eigenvalue weighted by Gasteiger charge is 2.09. The number of nitrogens with two attached hydrogens (primary N) is 1. The van der Waals surface area contributed by atoms with Gasteiger partial charge in [0.15, 0.2) is 0 Å². The first-order valence-electron chi connectivity index (χ1n) is 4.51. The van der Waals surface area contributed by atoms with Crippen LogP contribution in [0.2, 0.25) is 0 Å². The number of rotatable bonds is 8. The molecule has 0 fully saturated rings. The van der Waals surface area contributed by atoms with Gasteiger partial charge in [-0.2, -0.15) is 0 Å². The maximum absolute atomic E-state index is 7.96. The van der Waals surface area contributed by atoms with E-state index in [9.17, 15) is 0 Å². The molecule has 0 aromatic carbocycles. The average Bonchev–Trinajstić information content (AvgIpc) is 2.08. The van der Waals surface area contributed by atoms with Gasteiger partial charge in [-0.15, -0.1) is 0 Å². The van der Waals surface area contributed by atoms with Crippen molar-refractivity contribution in [3.8, 4) is 0 Å². The fourth-order valence-corrected chi connectivity index (χ4v) is 0.705. The maximum Gasteiger partial charge on any atom is 0.0701 e. The fraction of sp³-hybridized carbons (Fsp3) is 1.00. The summed E-state index contributed by atoms with van der Waals surface area (Å²) in [6, 6.07) is 0. The van der Waals surface area contributed by atoms with E-state index in [1.54, 1.807) is 0 Å². The summed E-state index contributed by atoms with van der Waals surface area (Å²) in [4.78, 5) is 2.60. The second-order valence-corrected chi connectivity index (χ2v) is 3.61. The van der Waals surface area contributed by atoms with E-state index < -0.39 is 0 Å². The van der Waals surface area contributed by atoms with Crippen molar-refractivity contribution in [3.05, 3.63) is 10.4 Å². The molecular formula is C8H18N4O2. The maximum atomic E-state index is 7.96. The molecule has 0 spiro atoms. The van der Waals surface area contributed by atoms with Gasteiger partial charge >= 0.3 is 0 Å². The molecule has 2 N–H and O–H groups in total. The molecule has 0 bridgehead atoms. The van der Waals surface area contributed by atoms with Crippen LogP contribution in [0.3, 0.4) is 0 Å². The Balaban J connectivity index is 3.10. The van der Waals surface area contributed by atoms with Crippen LogP contribution in [0, 0.1) is 0 Å². The van der Waals surface area contributed by atoms with Gasteiger partial charge in [-0.05, 0) is 19.4 Å². The molecular weight excluding hydrogens is 184 g/mol. The minimum atomic E-state index is -0.300. The molecule has 0 aliphatic rings. The Labute approximate surface area is 84.0 Å². The zero-order valence-corrected chi connectivity index (χ0v) is 8.77. The Morgan fingerprint density at radius 3 is 2.50 bits per heavy atom. The zero-order chi connectivity index (χ0) is 10.9. The van der Waals surface area contributed by atoms with Crippen LogP contribution in [-0.4, -0.2) is 38.5 Å². The van der Waals surface area contributed by atoms with Crippen LogP contribution in [0.1, 0.15) is 13.8 Å². The Kier molecular flexibility index (Phi) is 7.14. The Bertz CT molecular complexity index is 184. The van der Waals surface area contributed by atoms with E-state index in [1.807, 2.05) is 13.8 Å². The van der Waals surface area contributed by atoms with Crippen LogP contribution in [0.4, 0.5) is 0 Å². The number of hydrogen-bond donors (Lipinski definition) is 1. The Hall–Kier alpha value is -0.810. The molecule has 6 heteroatoms. The molecule has 0 aliphatic heterocycles. The summed E-state index contributed by atoms with van der Waals surface area (Å²) in [5, 5.41) is 3.32. The molecule has 6 nitrogen and oxygen atoms in total. The summed E-state index contributed by atoms with van der Waals surface area (Å²) in [5.41, 5.74) is 13.4. The second-order valence-electron chi connectivity index (χ2n) is 3.61. The summed E-state index contributed by atoms with van der Waals surface area (Å²) in [6.45, 7) is 6.10. The van der Waals surface area contributed by atoms with Gasteiger partial charge in [0.05, 0.1) is 26.4 Å². The lowest BCUT2D eigenvalue weighted by molar-refractivity contribution is 0.0349. The summed E-state index contributed by atoms with van der Waals surface area (Å²) < 4.78 is 10.4. The molecule has 0 atom stereocenters. The van der Waals surface area contributed by atoms with Crippen LogP contribution in [0.25, 0.3) is 10.4 Å². The first-order valence-corrected chi connectivity index (χ1v) is 4.51. The molecule has 0 rings (SSSR count). The van der Waals surface area contributed by atoms with Crippen molar-refractivity contribution in [1.82, 2.24) is 0 Å². The lowest BCUT2D eigenvalue weighted by Crippen LogP contribution is -2.37. The quantitative estimate of drug-likeness (QED) is 0.276. The lowest BCUT2D eigenvalue weighted by Gasteiger charge is -2.17. The number of hydrogen-bond acceptors (Lipinski definition) is 4. The van der Waals surface area contributed by atoms with Crippen LogP contribution in [0.5, 0.6) is 0 Å². The normalized spacial score (nSPS) is 11.1. The van der Waals surface area contributed by atoms with E-state index in [0.29, 0.717) is 33.0 Å². The minimum Gasteiger partial charge on any atom is -0.379 e. The molecule has 0 aromatic rings. The molecule has 0 unspecified atom stereocenters. The van der Waals surface area contributed by atoms with Crippen LogP contribution >= 0.6 is 0 Å². The van der Waals surface area contributed by atoms with Gasteiger partial charge < -0.3 is 15.2 Å². The van der Waals surface area contributed by atoms with Gasteiger partial charge in [0.25, 0.3) is 0 Å². The molecule has 14 heavy (non-hydrogen) atoms. The van der Waals surface area contributed by atoms with Gasteiger partial charge in [-0.1, -0.05) is 5.11 Å². The van der Waals surface area contributed by atoms with Gasteiger partial charge in [-0.3, -0.25) is 0 Å². The predicted molar refractivity (Wildman–Crippen MR) is 53.9 cm³/mol. The van der Waals surface area contributed by atoms with E-state index in [0.717, 1.165) is 0 Å². The first kappa shape index (κ1) is 13.2.